The highest BCUT2D eigenvalue weighted by atomic mass is 35.5. The van der Waals surface area contributed by atoms with E-state index < -0.39 is 6.04 Å². The van der Waals surface area contributed by atoms with Crippen LogP contribution in [0.25, 0.3) is 0 Å². The van der Waals surface area contributed by atoms with E-state index in [1.54, 1.807) is 0 Å². The monoisotopic (exact) mass is 405 g/mol. The molecule has 4 N–H and O–H groups in total. The molecule has 2 aliphatic rings. The Kier molecular flexibility index (Phi) is 9.85. The molecule has 3 rings (SSSR count). The van der Waals surface area contributed by atoms with Crippen molar-refractivity contribution in [3.63, 3.8) is 0 Å². The summed E-state index contributed by atoms with van der Waals surface area (Å²) in [4.78, 5) is 14.7. The maximum absolute atomic E-state index is 12.4. The van der Waals surface area contributed by atoms with Crippen molar-refractivity contribution in [3.05, 3.63) is 35.9 Å². The molecule has 4 atom stereocenters. The Balaban J connectivity index is 0.00000169. The number of hydrogen-bond acceptors (Lipinski definition) is 5. The summed E-state index contributed by atoms with van der Waals surface area (Å²) in [6.45, 7) is 2.48. The van der Waals surface area contributed by atoms with Gasteiger partial charge < -0.3 is 20.9 Å². The third-order valence-corrected chi connectivity index (χ3v) is 4.92. The molecule has 0 saturated carbocycles. The van der Waals surface area contributed by atoms with Crippen LogP contribution < -0.4 is 11.1 Å². The number of benzene rings is 1. The van der Waals surface area contributed by atoms with Crippen molar-refractivity contribution in [1.29, 1.82) is 0 Å². The van der Waals surface area contributed by atoms with Gasteiger partial charge in [-0.3, -0.25) is 9.69 Å². The topological polar surface area (TPSA) is 87.8 Å². The van der Waals surface area contributed by atoms with E-state index in [9.17, 15) is 4.79 Å². The van der Waals surface area contributed by atoms with Gasteiger partial charge in [0.2, 0.25) is 5.91 Å². The fourth-order valence-electron chi connectivity index (χ4n) is 3.63. The third kappa shape index (κ3) is 6.08. The van der Waals surface area contributed by atoms with E-state index in [2.05, 4.69) is 10.2 Å². The van der Waals surface area contributed by atoms with Crippen molar-refractivity contribution in [3.8, 4) is 0 Å². The number of morpholine rings is 1. The maximum atomic E-state index is 12.4. The quantitative estimate of drug-likeness (QED) is 0.649. The van der Waals surface area contributed by atoms with Gasteiger partial charge in [0.1, 0.15) is 0 Å². The molecule has 0 aliphatic carbocycles. The van der Waals surface area contributed by atoms with Gasteiger partial charge in [0.05, 0.1) is 18.8 Å². The number of rotatable bonds is 6. The minimum absolute atomic E-state index is 0. The van der Waals surface area contributed by atoms with Crippen LogP contribution in [0.15, 0.2) is 30.3 Å². The van der Waals surface area contributed by atoms with Crippen LogP contribution in [0.3, 0.4) is 0 Å². The minimum atomic E-state index is -0.525. The lowest BCUT2D eigenvalue weighted by atomic mass is 10.1. The Morgan fingerprint density at radius 2 is 2.04 bits per heavy atom. The van der Waals surface area contributed by atoms with E-state index in [0.717, 1.165) is 25.1 Å². The first kappa shape index (κ1) is 23.1. The van der Waals surface area contributed by atoms with Crippen LogP contribution >= 0.6 is 24.8 Å². The molecule has 2 aliphatic heterocycles. The van der Waals surface area contributed by atoms with Crippen molar-refractivity contribution >= 4 is 30.7 Å². The molecule has 1 aromatic carbocycles. The average molecular weight is 406 g/mol. The van der Waals surface area contributed by atoms with Gasteiger partial charge >= 0.3 is 0 Å². The molecule has 148 valence electrons. The number of carbonyl (C=O) groups is 1. The summed E-state index contributed by atoms with van der Waals surface area (Å²) in [5.41, 5.74) is 7.13. The fraction of sp³-hybridized carbons (Fsp3) is 0.611. The molecule has 0 bridgehead atoms. The Morgan fingerprint density at radius 3 is 2.73 bits per heavy atom. The second-order valence-electron chi connectivity index (χ2n) is 6.81. The molecule has 0 spiro atoms. The van der Waals surface area contributed by atoms with Crippen molar-refractivity contribution in [2.24, 2.45) is 5.73 Å². The molecule has 0 radical (unpaired) electrons. The van der Waals surface area contributed by atoms with Crippen LogP contribution in [0.4, 0.5) is 0 Å². The number of nitrogens with one attached hydrogen (secondary N) is 1. The van der Waals surface area contributed by atoms with Crippen molar-refractivity contribution in [2.45, 2.75) is 43.5 Å². The number of hydrogen-bond donors (Lipinski definition) is 3. The zero-order chi connectivity index (χ0) is 16.9. The molecule has 0 unspecified atom stereocenters. The van der Waals surface area contributed by atoms with Gasteiger partial charge in [-0.1, -0.05) is 30.3 Å². The zero-order valence-corrected chi connectivity index (χ0v) is 16.4. The highest BCUT2D eigenvalue weighted by molar-refractivity contribution is 5.85. The fourth-order valence-corrected chi connectivity index (χ4v) is 3.63. The predicted molar refractivity (Wildman–Crippen MR) is 106 cm³/mol. The highest BCUT2D eigenvalue weighted by Crippen LogP contribution is 2.24. The Hall–Kier alpha value is -0.890. The van der Waals surface area contributed by atoms with Gasteiger partial charge in [-0.25, -0.2) is 0 Å². The van der Waals surface area contributed by atoms with E-state index >= 15 is 0 Å². The van der Waals surface area contributed by atoms with Crippen molar-refractivity contribution in [2.75, 3.05) is 26.3 Å². The van der Waals surface area contributed by atoms with Gasteiger partial charge in [-0.05, 0) is 24.8 Å². The zero-order valence-electron chi connectivity index (χ0n) is 14.8. The molecule has 1 aromatic rings. The average Bonchev–Trinajstić information content (AvgIpc) is 2.97. The number of nitrogens with two attached hydrogens (primary N) is 1. The molecule has 0 aromatic heterocycles. The number of aliphatic hydroxyl groups excluding tert-OH is 1. The largest absolute Gasteiger partial charge is 0.396 e. The summed E-state index contributed by atoms with van der Waals surface area (Å²) in [6.07, 6.45) is 2.22. The molecule has 2 fully saturated rings. The number of carbonyl (C=O) groups excluding carboxylic acids is 1. The molecule has 1 amide bonds. The number of ether oxygens (including phenoxy) is 1. The second-order valence-corrected chi connectivity index (χ2v) is 6.81. The standard InChI is InChI=1S/C18H27N3O3.2ClH/c19-17(8-13-4-2-1-3-5-13)18(23)20-14-9-15-12-24-16(6-7-22)11-21(15)10-14;;/h1-5,14-17,22H,6-12,19H2,(H,20,23);2*1H/t14-,15-,16-,17+;;/m0../s1. The number of fused-ring (bicyclic) bond motifs is 1. The van der Waals surface area contributed by atoms with Gasteiger partial charge in [0.25, 0.3) is 0 Å². The Labute approximate surface area is 167 Å². The van der Waals surface area contributed by atoms with E-state index in [1.807, 2.05) is 30.3 Å². The highest BCUT2D eigenvalue weighted by Gasteiger charge is 2.38. The van der Waals surface area contributed by atoms with Crippen molar-refractivity contribution in [1.82, 2.24) is 10.2 Å². The number of amides is 1. The van der Waals surface area contributed by atoms with E-state index in [-0.39, 0.29) is 49.5 Å². The normalized spacial score (nSPS) is 26.2. The number of aliphatic hydroxyl groups is 1. The molecule has 2 heterocycles. The van der Waals surface area contributed by atoms with Crippen LogP contribution in [0, 0.1) is 0 Å². The molecule has 6 nitrogen and oxygen atoms in total. The maximum Gasteiger partial charge on any atom is 0.237 e. The number of halogens is 2. The summed E-state index contributed by atoms with van der Waals surface area (Å²) in [5.74, 6) is -0.0865. The summed E-state index contributed by atoms with van der Waals surface area (Å²) in [5, 5.41) is 12.1. The van der Waals surface area contributed by atoms with Crippen LogP contribution in [0.1, 0.15) is 18.4 Å². The lowest BCUT2D eigenvalue weighted by Gasteiger charge is -2.34. The summed E-state index contributed by atoms with van der Waals surface area (Å²) < 4.78 is 5.77. The summed E-state index contributed by atoms with van der Waals surface area (Å²) >= 11 is 0. The summed E-state index contributed by atoms with van der Waals surface area (Å²) in [6, 6.07) is 9.80. The van der Waals surface area contributed by atoms with E-state index in [1.165, 1.54) is 0 Å². The SMILES string of the molecule is Cl.Cl.N[C@H](Cc1ccccc1)C(=O)N[C@H]1C[C@H]2CO[C@@H](CCO)CN2C1. The smallest absolute Gasteiger partial charge is 0.237 e. The van der Waals surface area contributed by atoms with Crippen LogP contribution in [0.5, 0.6) is 0 Å². The molecular formula is C18H29Cl2N3O3. The van der Waals surface area contributed by atoms with Crippen LogP contribution in [-0.4, -0.2) is 66.4 Å². The summed E-state index contributed by atoms with van der Waals surface area (Å²) in [7, 11) is 0. The van der Waals surface area contributed by atoms with Crippen LogP contribution in [0.2, 0.25) is 0 Å². The molecule has 8 heteroatoms. The first-order valence-corrected chi connectivity index (χ1v) is 8.72. The first-order chi connectivity index (χ1) is 11.7. The third-order valence-electron chi connectivity index (χ3n) is 4.92. The van der Waals surface area contributed by atoms with E-state index in [0.29, 0.717) is 25.5 Å². The van der Waals surface area contributed by atoms with Crippen molar-refractivity contribution < 1.29 is 14.6 Å². The minimum Gasteiger partial charge on any atom is -0.396 e. The second kappa shape index (κ2) is 11.1. The van der Waals surface area contributed by atoms with Gasteiger partial charge in [0, 0.05) is 31.8 Å². The first-order valence-electron chi connectivity index (χ1n) is 8.72. The number of nitrogens with zero attached hydrogens (tertiary/aromatic N) is 1. The lowest BCUT2D eigenvalue weighted by molar-refractivity contribution is -0.123. The Morgan fingerprint density at radius 1 is 1.31 bits per heavy atom. The Bertz CT molecular complexity index is 550. The van der Waals surface area contributed by atoms with Gasteiger partial charge in [-0.15, -0.1) is 24.8 Å². The van der Waals surface area contributed by atoms with Crippen LogP contribution in [-0.2, 0) is 16.0 Å². The molecule has 26 heavy (non-hydrogen) atoms. The lowest BCUT2D eigenvalue weighted by Crippen LogP contribution is -2.48. The van der Waals surface area contributed by atoms with E-state index in [4.69, 9.17) is 15.6 Å². The molecular weight excluding hydrogens is 377 g/mol. The predicted octanol–water partition coefficient (Wildman–Crippen LogP) is 0.740. The van der Waals surface area contributed by atoms with Gasteiger partial charge in [-0.2, -0.15) is 0 Å². The molecule has 2 saturated heterocycles. The van der Waals surface area contributed by atoms with Gasteiger partial charge in [0.15, 0.2) is 0 Å².